The van der Waals surface area contributed by atoms with Crippen LogP contribution in [0.5, 0.6) is 0 Å². The van der Waals surface area contributed by atoms with Crippen LogP contribution in [0.4, 0.5) is 0 Å². The lowest BCUT2D eigenvalue weighted by Gasteiger charge is -2.37. The Balaban J connectivity index is 1.83. The number of aryl methyl sites for hydroxylation is 1. The molecule has 0 radical (unpaired) electrons. The van der Waals surface area contributed by atoms with E-state index in [1.165, 1.54) is 0 Å². The SMILES string of the molecule is CCCCS(=O)(=O)N[C@H](CO)C(=O)C1CCC1CCCc1ccc(C(=N)N)cc1. The molecule has 1 aliphatic rings. The number of Topliss-reactive ketones (excluding diaryl/α,β-unsaturated/α-hetero) is 1. The second-order valence-corrected chi connectivity index (χ2v) is 9.75. The zero-order chi connectivity index (χ0) is 21.4. The van der Waals surface area contributed by atoms with Gasteiger partial charge >= 0.3 is 0 Å². The molecule has 2 rings (SSSR count). The minimum Gasteiger partial charge on any atom is -0.394 e. The first kappa shape index (κ1) is 23.5. The fraction of sp³-hybridized carbons (Fsp3) is 0.619. The quantitative estimate of drug-likeness (QED) is 0.284. The van der Waals surface area contributed by atoms with Crippen molar-refractivity contribution in [3.63, 3.8) is 0 Å². The zero-order valence-corrected chi connectivity index (χ0v) is 17.9. The summed E-state index contributed by atoms with van der Waals surface area (Å²) in [7, 11) is -3.55. The first-order chi connectivity index (χ1) is 13.8. The van der Waals surface area contributed by atoms with E-state index < -0.39 is 22.7 Å². The summed E-state index contributed by atoms with van der Waals surface area (Å²) < 4.78 is 26.5. The van der Waals surface area contributed by atoms with E-state index in [9.17, 15) is 18.3 Å². The third-order valence-corrected chi connectivity index (χ3v) is 7.17. The predicted octanol–water partition coefficient (Wildman–Crippen LogP) is 1.97. The maximum absolute atomic E-state index is 12.7. The summed E-state index contributed by atoms with van der Waals surface area (Å²) in [5.74, 6) is -0.0934. The van der Waals surface area contributed by atoms with Gasteiger partial charge in [-0.3, -0.25) is 10.2 Å². The molecule has 0 saturated heterocycles. The Labute approximate surface area is 173 Å². The van der Waals surface area contributed by atoms with Crippen LogP contribution in [0, 0.1) is 17.2 Å². The summed E-state index contributed by atoms with van der Waals surface area (Å²) in [5, 5.41) is 17.0. The summed E-state index contributed by atoms with van der Waals surface area (Å²) in [4.78, 5) is 12.7. The van der Waals surface area contributed by atoms with E-state index in [4.69, 9.17) is 11.1 Å². The zero-order valence-electron chi connectivity index (χ0n) is 17.1. The van der Waals surface area contributed by atoms with Crippen molar-refractivity contribution in [3.05, 3.63) is 35.4 Å². The molecule has 29 heavy (non-hydrogen) atoms. The van der Waals surface area contributed by atoms with Crippen molar-refractivity contribution in [2.75, 3.05) is 12.4 Å². The van der Waals surface area contributed by atoms with Gasteiger partial charge in [-0.2, -0.15) is 0 Å². The van der Waals surface area contributed by atoms with E-state index >= 15 is 0 Å². The van der Waals surface area contributed by atoms with Crippen LogP contribution in [0.25, 0.3) is 0 Å². The monoisotopic (exact) mass is 423 g/mol. The lowest BCUT2D eigenvalue weighted by molar-refractivity contribution is -0.130. The number of amidine groups is 1. The van der Waals surface area contributed by atoms with E-state index in [2.05, 4.69) is 4.72 Å². The largest absolute Gasteiger partial charge is 0.394 e. The predicted molar refractivity (Wildman–Crippen MR) is 114 cm³/mol. The normalized spacial score (nSPS) is 20.1. The number of carbonyl (C=O) groups is 1. The van der Waals surface area contributed by atoms with Crippen molar-refractivity contribution < 1.29 is 18.3 Å². The van der Waals surface area contributed by atoms with Gasteiger partial charge < -0.3 is 10.8 Å². The average molecular weight is 424 g/mol. The Hall–Kier alpha value is -1.77. The molecule has 0 heterocycles. The van der Waals surface area contributed by atoms with E-state index in [1.807, 2.05) is 31.2 Å². The lowest BCUT2D eigenvalue weighted by atomic mass is 9.68. The van der Waals surface area contributed by atoms with Gasteiger partial charge in [0.15, 0.2) is 5.78 Å². The summed E-state index contributed by atoms with van der Waals surface area (Å²) in [6, 6.07) is 6.57. The summed E-state index contributed by atoms with van der Waals surface area (Å²) in [6.07, 6.45) is 5.69. The molecule has 0 amide bonds. The highest BCUT2D eigenvalue weighted by Gasteiger charge is 2.39. The van der Waals surface area contributed by atoms with Gasteiger partial charge in [0, 0.05) is 11.5 Å². The Morgan fingerprint density at radius 3 is 2.48 bits per heavy atom. The highest BCUT2D eigenvalue weighted by atomic mass is 32.2. The van der Waals surface area contributed by atoms with Gasteiger partial charge in [0.1, 0.15) is 11.9 Å². The fourth-order valence-electron chi connectivity index (χ4n) is 3.76. The molecule has 3 atom stereocenters. The average Bonchev–Trinajstić information content (AvgIpc) is 2.67. The smallest absolute Gasteiger partial charge is 0.212 e. The number of aliphatic hydroxyl groups excluding tert-OH is 1. The Morgan fingerprint density at radius 1 is 1.28 bits per heavy atom. The molecule has 1 fully saturated rings. The molecule has 1 aliphatic carbocycles. The summed E-state index contributed by atoms with van der Waals surface area (Å²) in [6.45, 7) is 1.40. The van der Waals surface area contributed by atoms with Crippen LogP contribution >= 0.6 is 0 Å². The number of nitrogen functional groups attached to an aromatic ring is 1. The molecule has 8 heteroatoms. The van der Waals surface area contributed by atoms with Crippen molar-refractivity contribution in [2.24, 2.45) is 17.6 Å². The Morgan fingerprint density at radius 2 is 1.97 bits per heavy atom. The van der Waals surface area contributed by atoms with Gasteiger partial charge in [0.05, 0.1) is 12.4 Å². The van der Waals surface area contributed by atoms with Crippen molar-refractivity contribution in [1.82, 2.24) is 4.72 Å². The van der Waals surface area contributed by atoms with E-state index in [0.717, 1.165) is 44.1 Å². The number of rotatable bonds is 13. The van der Waals surface area contributed by atoms with Gasteiger partial charge in [0.25, 0.3) is 0 Å². The van der Waals surface area contributed by atoms with E-state index in [0.29, 0.717) is 12.0 Å². The molecule has 1 aromatic rings. The van der Waals surface area contributed by atoms with Crippen molar-refractivity contribution in [3.8, 4) is 0 Å². The van der Waals surface area contributed by atoms with Gasteiger partial charge in [0.2, 0.25) is 10.0 Å². The van der Waals surface area contributed by atoms with Crippen LogP contribution in [0.2, 0.25) is 0 Å². The third kappa shape index (κ3) is 6.90. The molecule has 0 aromatic heterocycles. The van der Waals surface area contributed by atoms with Crippen LogP contribution in [0.3, 0.4) is 0 Å². The second kappa shape index (κ2) is 10.8. The number of carbonyl (C=O) groups excluding carboxylic acids is 1. The number of aliphatic hydroxyl groups is 1. The maximum atomic E-state index is 12.7. The standard InChI is InChI=1S/C21H33N3O4S/c1-2-3-13-29(27,28)24-19(14-25)20(26)18-12-11-16(18)6-4-5-15-7-9-17(10-8-15)21(22)23/h7-10,16,18-19,24-25H,2-6,11-14H2,1H3,(H3,22,23)/t16?,18?,19-/m1/s1. The summed E-state index contributed by atoms with van der Waals surface area (Å²) >= 11 is 0. The minimum atomic E-state index is -3.55. The number of benzene rings is 1. The fourth-order valence-corrected chi connectivity index (χ4v) is 5.17. The Bertz CT molecular complexity index is 793. The highest BCUT2D eigenvalue weighted by molar-refractivity contribution is 7.89. The molecule has 1 aromatic carbocycles. The molecule has 162 valence electrons. The molecule has 0 bridgehead atoms. The van der Waals surface area contributed by atoms with Crippen molar-refractivity contribution in [1.29, 1.82) is 5.41 Å². The Kier molecular flexibility index (Phi) is 8.79. The van der Waals surface area contributed by atoms with Gasteiger partial charge in [-0.05, 0) is 50.0 Å². The van der Waals surface area contributed by atoms with Crippen LogP contribution in [-0.4, -0.2) is 43.5 Å². The number of nitrogens with two attached hydrogens (primary N) is 1. The number of unbranched alkanes of at least 4 members (excludes halogenated alkanes) is 1. The molecule has 1 saturated carbocycles. The lowest BCUT2D eigenvalue weighted by Crippen LogP contribution is -2.50. The van der Waals surface area contributed by atoms with Crippen LogP contribution in [-0.2, 0) is 21.2 Å². The number of hydrogen-bond donors (Lipinski definition) is 4. The number of hydrogen-bond acceptors (Lipinski definition) is 5. The van der Waals surface area contributed by atoms with E-state index in [1.54, 1.807) is 0 Å². The number of nitrogens with one attached hydrogen (secondary N) is 2. The van der Waals surface area contributed by atoms with Crippen molar-refractivity contribution >= 4 is 21.6 Å². The third-order valence-electron chi connectivity index (χ3n) is 5.70. The molecule has 5 N–H and O–H groups in total. The van der Waals surface area contributed by atoms with Gasteiger partial charge in [-0.15, -0.1) is 0 Å². The molecular weight excluding hydrogens is 390 g/mol. The summed E-state index contributed by atoms with van der Waals surface area (Å²) in [5.41, 5.74) is 7.33. The number of ketones is 1. The van der Waals surface area contributed by atoms with Crippen LogP contribution < -0.4 is 10.5 Å². The topological polar surface area (TPSA) is 133 Å². The van der Waals surface area contributed by atoms with Crippen LogP contribution in [0.1, 0.15) is 56.6 Å². The first-order valence-corrected chi connectivity index (χ1v) is 12.0. The maximum Gasteiger partial charge on any atom is 0.212 e. The molecule has 2 unspecified atom stereocenters. The van der Waals surface area contributed by atoms with E-state index in [-0.39, 0.29) is 29.2 Å². The van der Waals surface area contributed by atoms with Gasteiger partial charge in [-0.25, -0.2) is 13.1 Å². The molecule has 0 aliphatic heterocycles. The van der Waals surface area contributed by atoms with Crippen LogP contribution in [0.15, 0.2) is 24.3 Å². The first-order valence-electron chi connectivity index (χ1n) is 10.3. The molecule has 0 spiro atoms. The van der Waals surface area contributed by atoms with Gasteiger partial charge in [-0.1, -0.05) is 37.6 Å². The van der Waals surface area contributed by atoms with Crippen molar-refractivity contribution in [2.45, 2.75) is 57.9 Å². The molecule has 7 nitrogen and oxygen atoms in total. The second-order valence-electron chi connectivity index (χ2n) is 7.87. The molecular formula is C21H33N3O4S. The minimum absolute atomic E-state index is 0.0240. The highest BCUT2D eigenvalue weighted by Crippen LogP contribution is 2.39. The number of sulfonamides is 1.